The molecule has 0 radical (unpaired) electrons. The molecule has 0 heterocycles. The molecule has 0 aliphatic heterocycles. The Morgan fingerprint density at radius 1 is 0.905 bits per heavy atom. The van der Waals surface area contributed by atoms with Crippen LogP contribution in [0.2, 0.25) is 19.6 Å². The van der Waals surface area contributed by atoms with Crippen LogP contribution < -0.4 is 9.92 Å². The Kier molecular flexibility index (Phi) is 3.90. The summed E-state index contributed by atoms with van der Waals surface area (Å²) in [7, 11) is -1.20. The molecule has 0 bridgehead atoms. The molecule has 0 atom stereocenters. The molecule has 2 heteroatoms. The van der Waals surface area contributed by atoms with Crippen LogP contribution in [0.25, 0.3) is 0 Å². The number of hydrogen-bond acceptors (Lipinski definition) is 1. The van der Waals surface area contributed by atoms with Gasteiger partial charge in [-0.25, -0.2) is 0 Å². The van der Waals surface area contributed by atoms with Crippen LogP contribution in [0.5, 0.6) is 5.75 Å². The Bertz CT molecular complexity index is 623. The summed E-state index contributed by atoms with van der Waals surface area (Å²) in [6, 6.07) is 15.5. The minimum absolute atomic E-state index is 0.658. The average Bonchev–Trinajstić information content (AvgIpc) is 2.92. The molecular weight excluding hydrogens is 272 g/mol. The second-order valence-electron chi connectivity index (χ2n) is 7.02. The van der Waals surface area contributed by atoms with E-state index in [1.165, 1.54) is 41.1 Å². The monoisotopic (exact) mass is 296 g/mol. The summed E-state index contributed by atoms with van der Waals surface area (Å²) in [6.45, 7) is 7.79. The number of benzene rings is 2. The van der Waals surface area contributed by atoms with E-state index in [2.05, 4.69) is 62.1 Å². The Balaban J connectivity index is 1.65. The zero-order valence-electron chi connectivity index (χ0n) is 13.3. The minimum atomic E-state index is -1.20. The molecule has 3 rings (SSSR count). The van der Waals surface area contributed by atoms with Crippen molar-refractivity contribution in [2.45, 2.75) is 45.5 Å². The van der Waals surface area contributed by atoms with Gasteiger partial charge in [0.1, 0.15) is 12.4 Å². The maximum absolute atomic E-state index is 5.95. The van der Waals surface area contributed by atoms with Gasteiger partial charge < -0.3 is 4.74 Å². The highest BCUT2D eigenvalue weighted by atomic mass is 28.3. The third kappa shape index (κ3) is 3.38. The minimum Gasteiger partial charge on any atom is -0.489 e. The lowest BCUT2D eigenvalue weighted by Crippen LogP contribution is -2.37. The fourth-order valence-corrected chi connectivity index (χ4v) is 4.07. The van der Waals surface area contributed by atoms with E-state index in [4.69, 9.17) is 4.74 Å². The molecule has 2 aromatic carbocycles. The highest BCUT2D eigenvalue weighted by molar-refractivity contribution is 6.88. The molecule has 0 aromatic heterocycles. The molecule has 1 nitrogen and oxygen atoms in total. The number of rotatable bonds is 4. The van der Waals surface area contributed by atoms with Gasteiger partial charge in [-0.1, -0.05) is 55.2 Å². The smallest absolute Gasteiger partial charge is 0.120 e. The van der Waals surface area contributed by atoms with Gasteiger partial charge in [0.2, 0.25) is 0 Å². The van der Waals surface area contributed by atoms with E-state index in [9.17, 15) is 0 Å². The van der Waals surface area contributed by atoms with Crippen molar-refractivity contribution in [2.75, 3.05) is 0 Å². The van der Waals surface area contributed by atoms with Gasteiger partial charge in [-0.15, -0.1) is 0 Å². The van der Waals surface area contributed by atoms with Crippen LogP contribution in [-0.2, 0) is 19.4 Å². The van der Waals surface area contributed by atoms with E-state index in [0.29, 0.717) is 6.61 Å². The van der Waals surface area contributed by atoms with Crippen molar-refractivity contribution < 1.29 is 4.74 Å². The Morgan fingerprint density at radius 3 is 2.33 bits per heavy atom. The van der Waals surface area contributed by atoms with Crippen molar-refractivity contribution in [1.29, 1.82) is 0 Å². The van der Waals surface area contributed by atoms with Gasteiger partial charge in [-0.05, 0) is 48.1 Å². The molecule has 0 saturated carbocycles. The maximum Gasteiger partial charge on any atom is 0.120 e. The van der Waals surface area contributed by atoms with Crippen LogP contribution in [0, 0.1) is 0 Å². The molecule has 21 heavy (non-hydrogen) atoms. The van der Waals surface area contributed by atoms with E-state index in [1.807, 2.05) is 0 Å². The highest BCUT2D eigenvalue weighted by Gasteiger charge is 2.15. The summed E-state index contributed by atoms with van der Waals surface area (Å²) in [5.74, 6) is 1.00. The summed E-state index contributed by atoms with van der Waals surface area (Å²) < 4.78 is 5.95. The first-order valence-corrected chi connectivity index (χ1v) is 11.4. The second-order valence-corrected chi connectivity index (χ2v) is 12.1. The largest absolute Gasteiger partial charge is 0.489 e. The van der Waals surface area contributed by atoms with Gasteiger partial charge in [-0.2, -0.15) is 0 Å². The summed E-state index contributed by atoms with van der Waals surface area (Å²) in [6.07, 6.45) is 3.72. The molecule has 2 aromatic rings. The summed E-state index contributed by atoms with van der Waals surface area (Å²) in [5.41, 5.74) is 4.22. The van der Waals surface area contributed by atoms with Crippen LogP contribution in [0.3, 0.4) is 0 Å². The lowest BCUT2D eigenvalue weighted by molar-refractivity contribution is 0.306. The quantitative estimate of drug-likeness (QED) is 0.764. The Hall–Kier alpha value is -1.54. The molecule has 1 aliphatic carbocycles. The van der Waals surface area contributed by atoms with Gasteiger partial charge >= 0.3 is 0 Å². The number of aryl methyl sites for hydroxylation is 2. The molecule has 110 valence electrons. The van der Waals surface area contributed by atoms with Crippen molar-refractivity contribution in [3.05, 3.63) is 59.2 Å². The Morgan fingerprint density at radius 2 is 1.62 bits per heavy atom. The van der Waals surface area contributed by atoms with Crippen LogP contribution in [0.1, 0.15) is 23.1 Å². The molecule has 0 unspecified atom stereocenters. The normalized spacial score (nSPS) is 14.0. The molecular formula is C19H24OSi. The number of ether oxygens (including phenoxy) is 1. The average molecular weight is 296 g/mol. The summed E-state index contributed by atoms with van der Waals surface area (Å²) in [4.78, 5) is 0. The van der Waals surface area contributed by atoms with Crippen molar-refractivity contribution in [1.82, 2.24) is 0 Å². The Labute approximate surface area is 129 Å². The first-order valence-electron chi connectivity index (χ1n) is 7.86. The fraction of sp³-hybridized carbons (Fsp3) is 0.368. The SMILES string of the molecule is C[Si](C)(C)c1ccc(COc2ccc3c(c2)CCC3)cc1. The maximum atomic E-state index is 5.95. The number of hydrogen-bond donors (Lipinski definition) is 0. The van der Waals surface area contributed by atoms with Crippen molar-refractivity contribution in [2.24, 2.45) is 0 Å². The van der Waals surface area contributed by atoms with E-state index in [0.717, 1.165) is 5.75 Å². The van der Waals surface area contributed by atoms with Gasteiger partial charge in [0, 0.05) is 0 Å². The van der Waals surface area contributed by atoms with E-state index < -0.39 is 8.07 Å². The summed E-state index contributed by atoms with van der Waals surface area (Å²) >= 11 is 0. The first-order chi connectivity index (χ1) is 10.0. The zero-order chi connectivity index (χ0) is 14.9. The standard InChI is InChI=1S/C19H24OSi/c1-21(2,3)19-11-7-15(8-12-19)14-20-18-10-9-16-5-4-6-17(16)13-18/h7-13H,4-6,14H2,1-3H3. The fourth-order valence-electron chi connectivity index (χ4n) is 2.91. The van der Waals surface area contributed by atoms with Gasteiger partial charge in [0.15, 0.2) is 0 Å². The molecule has 0 fully saturated rings. The van der Waals surface area contributed by atoms with E-state index in [1.54, 1.807) is 0 Å². The van der Waals surface area contributed by atoms with Crippen LogP contribution >= 0.6 is 0 Å². The van der Waals surface area contributed by atoms with Gasteiger partial charge in [-0.3, -0.25) is 0 Å². The van der Waals surface area contributed by atoms with E-state index in [-0.39, 0.29) is 0 Å². The predicted molar refractivity (Wildman–Crippen MR) is 92.2 cm³/mol. The van der Waals surface area contributed by atoms with Gasteiger partial charge in [0.25, 0.3) is 0 Å². The molecule has 0 spiro atoms. The molecule has 0 saturated heterocycles. The van der Waals surface area contributed by atoms with Crippen LogP contribution in [0.4, 0.5) is 0 Å². The van der Waals surface area contributed by atoms with Crippen molar-refractivity contribution >= 4 is 13.3 Å². The topological polar surface area (TPSA) is 9.23 Å². The zero-order valence-corrected chi connectivity index (χ0v) is 14.3. The number of fused-ring (bicyclic) bond motifs is 1. The van der Waals surface area contributed by atoms with Crippen molar-refractivity contribution in [3.63, 3.8) is 0 Å². The molecule has 0 N–H and O–H groups in total. The van der Waals surface area contributed by atoms with E-state index >= 15 is 0 Å². The van der Waals surface area contributed by atoms with Gasteiger partial charge in [0.05, 0.1) is 8.07 Å². The first kappa shape index (κ1) is 14.4. The highest BCUT2D eigenvalue weighted by Crippen LogP contribution is 2.26. The third-order valence-corrected chi connectivity index (χ3v) is 6.36. The third-order valence-electron chi connectivity index (χ3n) is 4.30. The second kappa shape index (κ2) is 5.68. The molecule has 0 amide bonds. The lowest BCUT2D eigenvalue weighted by atomic mass is 10.1. The summed E-state index contributed by atoms with van der Waals surface area (Å²) in [5, 5.41) is 1.50. The molecule has 1 aliphatic rings. The lowest BCUT2D eigenvalue weighted by Gasteiger charge is -2.17. The predicted octanol–water partition coefficient (Wildman–Crippen LogP) is 4.30. The van der Waals surface area contributed by atoms with Crippen LogP contribution in [-0.4, -0.2) is 8.07 Å². The van der Waals surface area contributed by atoms with Crippen LogP contribution in [0.15, 0.2) is 42.5 Å². The van der Waals surface area contributed by atoms with Crippen molar-refractivity contribution in [3.8, 4) is 5.75 Å².